The first-order valence-corrected chi connectivity index (χ1v) is 11.0. The van der Waals surface area contributed by atoms with Gasteiger partial charge in [-0.15, -0.1) is 0 Å². The molecular formula is C22H20Cl2N6O2. The zero-order valence-electron chi connectivity index (χ0n) is 17.1. The second kappa shape index (κ2) is 9.38. The van der Waals surface area contributed by atoms with E-state index in [0.29, 0.717) is 46.6 Å². The normalized spacial score (nSPS) is 15.3. The number of aromatic nitrogens is 4. The molecule has 164 valence electrons. The molecule has 0 saturated carbocycles. The molecule has 32 heavy (non-hydrogen) atoms. The minimum absolute atomic E-state index is 0.504. The van der Waals surface area contributed by atoms with Gasteiger partial charge in [0.05, 0.1) is 13.1 Å². The lowest BCUT2D eigenvalue weighted by Gasteiger charge is -2.33. The highest BCUT2D eigenvalue weighted by Gasteiger charge is 2.21. The molecule has 0 unspecified atom stereocenters. The fourth-order valence-corrected chi connectivity index (χ4v) is 3.81. The molecule has 0 aliphatic carbocycles. The van der Waals surface area contributed by atoms with Crippen LogP contribution >= 0.6 is 23.2 Å². The Morgan fingerprint density at radius 2 is 1.00 bits per heavy atom. The van der Waals surface area contributed by atoms with Gasteiger partial charge >= 0.3 is 0 Å². The standard InChI is InChI=1S/C22H20Cl2N6O2/c23-17-5-1-15(2-6-17)21-25-19(27-31-21)13-29-9-11-30(12-10-29)14-20-26-22(32-28-20)16-3-7-18(24)8-4-16/h1-8H,9-14H2. The first-order valence-electron chi connectivity index (χ1n) is 10.2. The highest BCUT2D eigenvalue weighted by Crippen LogP contribution is 2.21. The highest BCUT2D eigenvalue weighted by molar-refractivity contribution is 6.30. The van der Waals surface area contributed by atoms with Gasteiger partial charge in [0.25, 0.3) is 11.8 Å². The Kier molecular flexibility index (Phi) is 6.18. The van der Waals surface area contributed by atoms with E-state index >= 15 is 0 Å². The van der Waals surface area contributed by atoms with Crippen molar-refractivity contribution in [3.63, 3.8) is 0 Å². The Balaban J connectivity index is 1.13. The van der Waals surface area contributed by atoms with E-state index in [1.807, 2.05) is 48.5 Å². The molecule has 0 spiro atoms. The summed E-state index contributed by atoms with van der Waals surface area (Å²) in [5, 5.41) is 9.58. The molecular weight excluding hydrogens is 451 g/mol. The third kappa shape index (κ3) is 4.99. The van der Waals surface area contributed by atoms with Gasteiger partial charge in [-0.05, 0) is 48.5 Å². The summed E-state index contributed by atoms with van der Waals surface area (Å²) in [5.74, 6) is 2.36. The van der Waals surface area contributed by atoms with Crippen LogP contribution in [0.1, 0.15) is 11.6 Å². The van der Waals surface area contributed by atoms with Crippen LogP contribution < -0.4 is 0 Å². The van der Waals surface area contributed by atoms with E-state index in [1.165, 1.54) is 0 Å². The van der Waals surface area contributed by atoms with Crippen LogP contribution in [0.2, 0.25) is 10.0 Å². The van der Waals surface area contributed by atoms with Crippen LogP contribution in [0.25, 0.3) is 22.9 Å². The monoisotopic (exact) mass is 470 g/mol. The molecule has 4 aromatic rings. The molecule has 2 aromatic heterocycles. The van der Waals surface area contributed by atoms with Crippen molar-refractivity contribution >= 4 is 23.2 Å². The molecule has 1 aliphatic rings. The topological polar surface area (TPSA) is 84.3 Å². The maximum atomic E-state index is 5.94. The summed E-state index contributed by atoms with van der Waals surface area (Å²) in [4.78, 5) is 13.6. The molecule has 0 amide bonds. The lowest BCUT2D eigenvalue weighted by Crippen LogP contribution is -2.45. The number of halogens is 2. The SMILES string of the molecule is Clc1ccc(-c2nc(CN3CCN(Cc4noc(-c5ccc(Cl)cc5)n4)CC3)no2)cc1. The third-order valence-electron chi connectivity index (χ3n) is 5.31. The Hall–Kier alpha value is -2.78. The molecule has 0 bridgehead atoms. The summed E-state index contributed by atoms with van der Waals surface area (Å²) >= 11 is 11.9. The molecule has 10 heteroatoms. The predicted octanol–water partition coefficient (Wildman–Crippen LogP) is 4.41. The van der Waals surface area contributed by atoms with E-state index in [0.717, 1.165) is 37.3 Å². The van der Waals surface area contributed by atoms with Gasteiger partial charge in [0.1, 0.15) is 0 Å². The van der Waals surface area contributed by atoms with Gasteiger partial charge < -0.3 is 9.05 Å². The molecule has 1 fully saturated rings. The molecule has 1 aliphatic heterocycles. The van der Waals surface area contributed by atoms with Gasteiger partial charge in [-0.25, -0.2) is 0 Å². The van der Waals surface area contributed by atoms with Crippen LogP contribution in [-0.2, 0) is 13.1 Å². The van der Waals surface area contributed by atoms with E-state index in [-0.39, 0.29) is 0 Å². The van der Waals surface area contributed by atoms with Gasteiger partial charge in [0.2, 0.25) is 0 Å². The van der Waals surface area contributed by atoms with Crippen molar-refractivity contribution in [2.75, 3.05) is 26.2 Å². The van der Waals surface area contributed by atoms with Crippen molar-refractivity contribution in [2.24, 2.45) is 0 Å². The maximum Gasteiger partial charge on any atom is 0.257 e. The van der Waals surface area contributed by atoms with E-state index in [1.54, 1.807) is 0 Å². The Morgan fingerprint density at radius 3 is 1.38 bits per heavy atom. The molecule has 3 heterocycles. The lowest BCUT2D eigenvalue weighted by atomic mass is 10.2. The largest absolute Gasteiger partial charge is 0.334 e. The van der Waals surface area contributed by atoms with Gasteiger partial charge in [0.15, 0.2) is 11.6 Å². The summed E-state index contributed by atoms with van der Waals surface area (Å²) in [6.45, 7) is 4.88. The average Bonchev–Trinajstić information content (AvgIpc) is 3.46. The van der Waals surface area contributed by atoms with Crippen molar-refractivity contribution in [2.45, 2.75) is 13.1 Å². The van der Waals surface area contributed by atoms with Crippen LogP contribution in [0.5, 0.6) is 0 Å². The molecule has 0 radical (unpaired) electrons. The van der Waals surface area contributed by atoms with Gasteiger partial charge in [-0.1, -0.05) is 33.5 Å². The van der Waals surface area contributed by atoms with Gasteiger partial charge in [-0.3, -0.25) is 9.80 Å². The third-order valence-corrected chi connectivity index (χ3v) is 5.82. The zero-order valence-corrected chi connectivity index (χ0v) is 18.6. The van der Waals surface area contributed by atoms with E-state index in [2.05, 4.69) is 30.1 Å². The minimum Gasteiger partial charge on any atom is -0.334 e. The second-order valence-electron chi connectivity index (χ2n) is 7.60. The quantitative estimate of drug-likeness (QED) is 0.409. The number of nitrogens with zero attached hydrogens (tertiary/aromatic N) is 6. The molecule has 8 nitrogen and oxygen atoms in total. The molecule has 2 aromatic carbocycles. The lowest BCUT2D eigenvalue weighted by molar-refractivity contribution is 0.116. The summed E-state index contributed by atoms with van der Waals surface area (Å²) in [6.07, 6.45) is 0. The van der Waals surface area contributed by atoms with Gasteiger partial charge in [-0.2, -0.15) is 9.97 Å². The van der Waals surface area contributed by atoms with Crippen LogP contribution in [0.15, 0.2) is 57.6 Å². The van der Waals surface area contributed by atoms with Crippen molar-refractivity contribution in [1.82, 2.24) is 30.1 Å². The second-order valence-corrected chi connectivity index (χ2v) is 8.47. The van der Waals surface area contributed by atoms with Crippen molar-refractivity contribution < 1.29 is 9.05 Å². The number of rotatable bonds is 6. The predicted molar refractivity (Wildman–Crippen MR) is 120 cm³/mol. The minimum atomic E-state index is 0.504. The van der Waals surface area contributed by atoms with E-state index in [4.69, 9.17) is 32.2 Å². The Morgan fingerprint density at radius 1 is 0.625 bits per heavy atom. The van der Waals surface area contributed by atoms with Crippen LogP contribution in [0.3, 0.4) is 0 Å². The van der Waals surface area contributed by atoms with E-state index < -0.39 is 0 Å². The highest BCUT2D eigenvalue weighted by atomic mass is 35.5. The molecule has 0 atom stereocenters. The first kappa shape index (κ1) is 21.1. The Labute approximate surface area is 194 Å². The fourth-order valence-electron chi connectivity index (χ4n) is 3.56. The first-order chi connectivity index (χ1) is 15.6. The van der Waals surface area contributed by atoms with Crippen molar-refractivity contribution in [1.29, 1.82) is 0 Å². The average molecular weight is 471 g/mol. The number of hydrogen-bond donors (Lipinski definition) is 0. The summed E-state index contributed by atoms with van der Waals surface area (Å²) < 4.78 is 10.8. The van der Waals surface area contributed by atoms with Crippen LogP contribution in [-0.4, -0.2) is 56.3 Å². The van der Waals surface area contributed by atoms with Crippen molar-refractivity contribution in [3.8, 4) is 22.9 Å². The van der Waals surface area contributed by atoms with Gasteiger partial charge in [0, 0.05) is 47.4 Å². The smallest absolute Gasteiger partial charge is 0.257 e. The fraction of sp³-hybridized carbons (Fsp3) is 0.273. The zero-order chi connectivity index (χ0) is 21.9. The van der Waals surface area contributed by atoms with Crippen molar-refractivity contribution in [3.05, 3.63) is 70.2 Å². The number of benzene rings is 2. The van der Waals surface area contributed by atoms with E-state index in [9.17, 15) is 0 Å². The molecule has 1 saturated heterocycles. The molecule has 5 rings (SSSR count). The number of piperazine rings is 1. The Bertz CT molecular complexity index is 1070. The summed E-state index contributed by atoms with van der Waals surface area (Å²) in [6, 6.07) is 14.7. The summed E-state index contributed by atoms with van der Waals surface area (Å²) in [7, 11) is 0. The maximum absolute atomic E-state index is 5.94. The van der Waals surface area contributed by atoms with Crippen LogP contribution in [0, 0.1) is 0 Å². The van der Waals surface area contributed by atoms with Crippen LogP contribution in [0.4, 0.5) is 0 Å². The molecule has 0 N–H and O–H groups in total. The summed E-state index contributed by atoms with van der Waals surface area (Å²) in [5.41, 5.74) is 1.71. The number of hydrogen-bond acceptors (Lipinski definition) is 8.